The fourth-order valence-electron chi connectivity index (χ4n) is 1.62. The van der Waals surface area contributed by atoms with Crippen molar-refractivity contribution in [2.75, 3.05) is 18.0 Å². The molecular formula is C10H8F3IN2O2. The van der Waals surface area contributed by atoms with E-state index < -0.39 is 23.8 Å². The smallest absolute Gasteiger partial charge is 0.433 e. The zero-order valence-electron chi connectivity index (χ0n) is 8.91. The lowest BCUT2D eigenvalue weighted by molar-refractivity contribution is -0.143. The molecule has 1 aromatic rings. The summed E-state index contributed by atoms with van der Waals surface area (Å²) in [4.78, 5) is 15.7. The third kappa shape index (κ3) is 2.52. The summed E-state index contributed by atoms with van der Waals surface area (Å²) in [5.74, 6) is -1.27. The number of carboxylic acid groups (broad SMARTS) is 1. The highest BCUT2D eigenvalue weighted by Crippen LogP contribution is 2.33. The Kier molecular flexibility index (Phi) is 3.39. The second-order valence-corrected chi connectivity index (χ2v) is 5.10. The van der Waals surface area contributed by atoms with Crippen LogP contribution in [0.3, 0.4) is 0 Å². The lowest BCUT2D eigenvalue weighted by Gasteiger charge is -2.38. The van der Waals surface area contributed by atoms with Crippen molar-refractivity contribution in [3.05, 3.63) is 21.4 Å². The van der Waals surface area contributed by atoms with Crippen molar-refractivity contribution >= 4 is 34.4 Å². The average molecular weight is 372 g/mol. The van der Waals surface area contributed by atoms with Crippen molar-refractivity contribution in [1.29, 1.82) is 0 Å². The molecule has 1 aliphatic rings. The van der Waals surface area contributed by atoms with Crippen molar-refractivity contribution in [3.63, 3.8) is 0 Å². The predicted octanol–water partition coefficient (Wildman–Crippen LogP) is 2.23. The summed E-state index contributed by atoms with van der Waals surface area (Å²) in [6.45, 7) is 0.388. The Labute approximate surface area is 114 Å². The molecule has 1 saturated heterocycles. The molecule has 2 heterocycles. The van der Waals surface area contributed by atoms with Crippen molar-refractivity contribution < 1.29 is 23.1 Å². The molecule has 1 aliphatic heterocycles. The molecule has 18 heavy (non-hydrogen) atoms. The molecular weight excluding hydrogens is 364 g/mol. The summed E-state index contributed by atoms with van der Waals surface area (Å²) < 4.78 is 38.1. The van der Waals surface area contributed by atoms with Gasteiger partial charge >= 0.3 is 12.1 Å². The van der Waals surface area contributed by atoms with E-state index in [9.17, 15) is 18.0 Å². The van der Waals surface area contributed by atoms with Gasteiger partial charge in [0.15, 0.2) is 0 Å². The third-order valence-corrected chi connectivity index (χ3v) is 3.49. The highest BCUT2D eigenvalue weighted by molar-refractivity contribution is 14.1. The summed E-state index contributed by atoms with van der Waals surface area (Å²) >= 11 is 1.88. The molecule has 0 saturated carbocycles. The Morgan fingerprint density at radius 1 is 1.44 bits per heavy atom. The van der Waals surface area contributed by atoms with E-state index in [2.05, 4.69) is 4.98 Å². The number of halogens is 4. The van der Waals surface area contributed by atoms with Crippen LogP contribution in [0.25, 0.3) is 0 Å². The number of anilines is 1. The molecule has 1 fully saturated rings. The van der Waals surface area contributed by atoms with E-state index in [4.69, 9.17) is 5.11 Å². The van der Waals surface area contributed by atoms with Crippen LogP contribution < -0.4 is 4.90 Å². The molecule has 4 nitrogen and oxygen atoms in total. The highest BCUT2D eigenvalue weighted by atomic mass is 127. The lowest BCUT2D eigenvalue weighted by Crippen LogP contribution is -2.51. The second kappa shape index (κ2) is 4.56. The van der Waals surface area contributed by atoms with Gasteiger partial charge in [-0.05, 0) is 34.7 Å². The van der Waals surface area contributed by atoms with E-state index in [-0.39, 0.29) is 18.9 Å². The molecule has 1 N–H and O–H groups in total. The predicted molar refractivity (Wildman–Crippen MR) is 65.3 cm³/mol. The van der Waals surface area contributed by atoms with Crippen LogP contribution in [-0.2, 0) is 11.0 Å². The zero-order chi connectivity index (χ0) is 13.5. The van der Waals surface area contributed by atoms with E-state index in [0.29, 0.717) is 3.57 Å². The van der Waals surface area contributed by atoms with Gasteiger partial charge < -0.3 is 10.0 Å². The minimum absolute atomic E-state index is 0.194. The second-order valence-electron chi connectivity index (χ2n) is 3.94. The minimum atomic E-state index is -4.49. The molecule has 0 aromatic carbocycles. The molecule has 0 radical (unpaired) electrons. The van der Waals surface area contributed by atoms with Gasteiger partial charge in [-0.3, -0.25) is 4.79 Å². The molecule has 0 unspecified atom stereocenters. The standard InChI is InChI=1S/C10H8F3IN2O2/c11-10(12,13)7-2-1-6(14)8(15-7)16-3-5(4-16)9(17)18/h1-2,5H,3-4H2,(H,17,18). The fraction of sp³-hybridized carbons (Fsp3) is 0.400. The normalized spacial score (nSPS) is 16.6. The van der Waals surface area contributed by atoms with Crippen LogP contribution in [0.1, 0.15) is 5.69 Å². The summed E-state index contributed by atoms with van der Waals surface area (Å²) in [5, 5.41) is 8.72. The van der Waals surface area contributed by atoms with Gasteiger partial charge in [-0.25, -0.2) is 4.98 Å². The number of carbonyl (C=O) groups is 1. The fourth-order valence-corrected chi connectivity index (χ4v) is 2.26. The van der Waals surface area contributed by atoms with Gasteiger partial charge in [0.05, 0.1) is 9.49 Å². The summed E-state index contributed by atoms with van der Waals surface area (Å²) in [5.41, 5.74) is -0.961. The minimum Gasteiger partial charge on any atom is -0.481 e. The number of alkyl halides is 3. The van der Waals surface area contributed by atoms with Gasteiger partial charge in [-0.15, -0.1) is 0 Å². The quantitative estimate of drug-likeness (QED) is 0.810. The monoisotopic (exact) mass is 372 g/mol. The molecule has 0 bridgehead atoms. The number of carboxylic acids is 1. The first kappa shape index (κ1) is 13.4. The lowest BCUT2D eigenvalue weighted by atomic mass is 10.0. The van der Waals surface area contributed by atoms with Crippen LogP contribution in [-0.4, -0.2) is 29.1 Å². The van der Waals surface area contributed by atoms with Crippen LogP contribution in [0.15, 0.2) is 12.1 Å². The first-order chi connectivity index (χ1) is 8.29. The van der Waals surface area contributed by atoms with Crippen LogP contribution in [0.4, 0.5) is 19.0 Å². The first-order valence-electron chi connectivity index (χ1n) is 5.00. The molecule has 0 amide bonds. The maximum absolute atomic E-state index is 12.5. The topological polar surface area (TPSA) is 53.4 Å². The first-order valence-corrected chi connectivity index (χ1v) is 6.08. The molecule has 2 rings (SSSR count). The number of pyridine rings is 1. The summed E-state index contributed by atoms with van der Waals surface area (Å²) in [6.07, 6.45) is -4.49. The maximum atomic E-state index is 12.5. The average Bonchev–Trinajstić information content (AvgIpc) is 2.16. The number of hydrogen-bond donors (Lipinski definition) is 1. The molecule has 0 spiro atoms. The van der Waals surface area contributed by atoms with Gasteiger partial charge in [0.1, 0.15) is 11.5 Å². The van der Waals surface area contributed by atoms with Crippen molar-refractivity contribution in [3.8, 4) is 0 Å². The molecule has 8 heteroatoms. The van der Waals surface area contributed by atoms with E-state index in [0.717, 1.165) is 6.07 Å². The SMILES string of the molecule is O=C(O)C1CN(c2nc(C(F)(F)F)ccc2I)C1. The largest absolute Gasteiger partial charge is 0.481 e. The Morgan fingerprint density at radius 3 is 2.56 bits per heavy atom. The van der Waals surface area contributed by atoms with E-state index in [1.165, 1.54) is 11.0 Å². The van der Waals surface area contributed by atoms with Crippen molar-refractivity contribution in [2.45, 2.75) is 6.18 Å². The third-order valence-electron chi connectivity index (χ3n) is 2.65. The zero-order valence-corrected chi connectivity index (χ0v) is 11.1. The Bertz CT molecular complexity index is 487. The van der Waals surface area contributed by atoms with E-state index >= 15 is 0 Å². The maximum Gasteiger partial charge on any atom is 0.433 e. The highest BCUT2D eigenvalue weighted by Gasteiger charge is 2.37. The summed E-state index contributed by atoms with van der Waals surface area (Å²) in [7, 11) is 0. The van der Waals surface area contributed by atoms with Crippen molar-refractivity contribution in [1.82, 2.24) is 4.98 Å². The van der Waals surface area contributed by atoms with Crippen LogP contribution >= 0.6 is 22.6 Å². The van der Waals surface area contributed by atoms with Gasteiger partial charge in [0.25, 0.3) is 0 Å². The number of rotatable bonds is 2. The number of aromatic nitrogens is 1. The van der Waals surface area contributed by atoms with Crippen LogP contribution in [0.2, 0.25) is 0 Å². The molecule has 0 atom stereocenters. The molecule has 1 aromatic heterocycles. The van der Waals surface area contributed by atoms with Gasteiger partial charge in [-0.1, -0.05) is 0 Å². The van der Waals surface area contributed by atoms with Crippen LogP contribution in [0, 0.1) is 9.49 Å². The Morgan fingerprint density at radius 2 is 2.06 bits per heavy atom. The summed E-state index contributed by atoms with van der Waals surface area (Å²) in [6, 6.07) is 2.25. The van der Waals surface area contributed by atoms with Crippen LogP contribution in [0.5, 0.6) is 0 Å². The Balaban J connectivity index is 2.21. The number of aliphatic carboxylic acids is 1. The molecule has 98 valence electrons. The van der Waals surface area contributed by atoms with E-state index in [1.54, 1.807) is 0 Å². The van der Waals surface area contributed by atoms with Gasteiger partial charge in [0.2, 0.25) is 0 Å². The number of hydrogen-bond acceptors (Lipinski definition) is 3. The molecule has 0 aliphatic carbocycles. The van der Waals surface area contributed by atoms with E-state index in [1.807, 2.05) is 22.6 Å². The number of nitrogens with zero attached hydrogens (tertiary/aromatic N) is 2. The Hall–Kier alpha value is -1.06. The van der Waals surface area contributed by atoms with Gasteiger partial charge in [0, 0.05) is 13.1 Å². The van der Waals surface area contributed by atoms with Crippen molar-refractivity contribution in [2.24, 2.45) is 5.92 Å². The van der Waals surface area contributed by atoms with Gasteiger partial charge in [-0.2, -0.15) is 13.2 Å².